The lowest BCUT2D eigenvalue weighted by Gasteiger charge is -2.24. The van der Waals surface area contributed by atoms with Crippen LogP contribution < -0.4 is 15.8 Å². The Bertz CT molecular complexity index is 1500. The summed E-state index contributed by atoms with van der Waals surface area (Å²) in [6, 6.07) is 8.28. The Kier molecular flexibility index (Phi) is 10.5. The number of fused-ring (bicyclic) bond motifs is 1. The van der Waals surface area contributed by atoms with Crippen molar-refractivity contribution in [3.8, 4) is 0 Å². The summed E-state index contributed by atoms with van der Waals surface area (Å²) in [5, 5.41) is 14.9. The third-order valence-electron chi connectivity index (χ3n) is 6.25. The van der Waals surface area contributed by atoms with Crippen molar-refractivity contribution in [2.75, 3.05) is 24.7 Å². The number of hydrogen-bond acceptors (Lipinski definition) is 10. The molecule has 2 N–H and O–H groups in total. The van der Waals surface area contributed by atoms with Gasteiger partial charge in [0.2, 0.25) is 0 Å². The summed E-state index contributed by atoms with van der Waals surface area (Å²) in [4.78, 5) is 69.8. The molecule has 218 valence electrons. The Morgan fingerprint density at radius 3 is 2.49 bits per heavy atom. The van der Waals surface area contributed by atoms with Gasteiger partial charge in [0.25, 0.3) is 17.2 Å². The largest absolute Gasteiger partial charge is 0.466 e. The molecule has 1 aromatic heterocycles. The number of anilines is 1. The number of aromatic amines is 1. The van der Waals surface area contributed by atoms with Crippen LogP contribution in [0.2, 0.25) is 0 Å². The van der Waals surface area contributed by atoms with Gasteiger partial charge in [-0.05, 0) is 63.9 Å². The highest BCUT2D eigenvalue weighted by Gasteiger charge is 2.28. The Balaban J connectivity index is 1.85. The molecule has 13 heteroatoms. The van der Waals surface area contributed by atoms with Crippen LogP contribution >= 0.6 is 0 Å². The molecule has 0 fully saturated rings. The lowest BCUT2D eigenvalue weighted by atomic mass is 10.1. The molecule has 0 aliphatic rings. The van der Waals surface area contributed by atoms with Crippen LogP contribution in [-0.4, -0.2) is 58.5 Å². The standard InChI is InChI=1S/C28H33N5O8/c1-5-32(16-18-8-11-22-21(14-18)27(36)30-17(4)29-22)19-9-10-20(24(15-19)33(38)39)26(35)31-23(28(37)41-7-3)12-13-25(34)40-6-2/h8-11,14-15,23H,5-7,12-13,16H2,1-4H3,(H,31,35)(H,29,30,36)/t23-/m0/s1. The van der Waals surface area contributed by atoms with Crippen LogP contribution in [0.15, 0.2) is 41.2 Å². The number of ether oxygens (including phenoxy) is 2. The number of carbonyl (C=O) groups is 3. The van der Waals surface area contributed by atoms with Crippen LogP contribution in [0.4, 0.5) is 11.4 Å². The topological polar surface area (TPSA) is 174 Å². The van der Waals surface area contributed by atoms with E-state index in [2.05, 4.69) is 15.3 Å². The van der Waals surface area contributed by atoms with Crippen LogP contribution in [0.25, 0.3) is 10.9 Å². The number of amides is 1. The molecule has 2 aromatic carbocycles. The number of hydrogen-bond donors (Lipinski definition) is 2. The van der Waals surface area contributed by atoms with Gasteiger partial charge >= 0.3 is 11.9 Å². The summed E-state index contributed by atoms with van der Waals surface area (Å²) in [6.45, 7) is 7.84. The van der Waals surface area contributed by atoms with Gasteiger partial charge in [-0.1, -0.05) is 6.07 Å². The fourth-order valence-corrected chi connectivity index (χ4v) is 4.29. The van der Waals surface area contributed by atoms with Gasteiger partial charge in [0.15, 0.2) is 0 Å². The molecule has 1 atom stereocenters. The van der Waals surface area contributed by atoms with Crippen molar-refractivity contribution in [3.05, 3.63) is 73.8 Å². The molecular formula is C28H33N5O8. The normalized spacial score (nSPS) is 11.5. The maximum atomic E-state index is 13.1. The van der Waals surface area contributed by atoms with E-state index in [0.717, 1.165) is 5.56 Å². The van der Waals surface area contributed by atoms with Crippen molar-refractivity contribution in [2.45, 2.75) is 53.1 Å². The van der Waals surface area contributed by atoms with Crippen molar-refractivity contribution in [2.24, 2.45) is 0 Å². The molecule has 0 unspecified atom stereocenters. The van der Waals surface area contributed by atoms with E-state index in [1.165, 1.54) is 12.1 Å². The van der Waals surface area contributed by atoms with E-state index < -0.39 is 34.5 Å². The highest BCUT2D eigenvalue weighted by Crippen LogP contribution is 2.27. The number of carbonyl (C=O) groups excluding carboxylic acids is 3. The summed E-state index contributed by atoms with van der Waals surface area (Å²) in [6.07, 6.45) is -0.247. The monoisotopic (exact) mass is 567 g/mol. The molecule has 41 heavy (non-hydrogen) atoms. The van der Waals surface area contributed by atoms with Gasteiger partial charge in [0, 0.05) is 31.3 Å². The van der Waals surface area contributed by atoms with Gasteiger partial charge < -0.3 is 24.7 Å². The predicted molar refractivity (Wildman–Crippen MR) is 151 cm³/mol. The second-order valence-electron chi connectivity index (χ2n) is 9.10. The second kappa shape index (κ2) is 14.0. The molecule has 3 aromatic rings. The maximum absolute atomic E-state index is 13.1. The molecule has 13 nitrogen and oxygen atoms in total. The first-order valence-corrected chi connectivity index (χ1v) is 13.2. The average molecular weight is 568 g/mol. The van der Waals surface area contributed by atoms with Crippen molar-refractivity contribution in [1.82, 2.24) is 15.3 Å². The fraction of sp³-hybridized carbons (Fsp3) is 0.393. The molecule has 1 amide bonds. The van der Waals surface area contributed by atoms with Gasteiger partial charge in [0.05, 0.1) is 29.0 Å². The van der Waals surface area contributed by atoms with Gasteiger partial charge in [-0.15, -0.1) is 0 Å². The minimum atomic E-state index is -1.20. The molecule has 0 aliphatic carbocycles. The van der Waals surface area contributed by atoms with E-state index in [1.54, 1.807) is 39.0 Å². The average Bonchev–Trinajstić information content (AvgIpc) is 2.93. The lowest BCUT2D eigenvalue weighted by molar-refractivity contribution is -0.385. The Hall–Kier alpha value is -4.81. The fourth-order valence-electron chi connectivity index (χ4n) is 4.29. The van der Waals surface area contributed by atoms with Gasteiger partial charge in [0.1, 0.15) is 17.4 Å². The quantitative estimate of drug-likeness (QED) is 0.177. The van der Waals surface area contributed by atoms with Crippen LogP contribution in [-0.2, 0) is 25.6 Å². The number of aromatic nitrogens is 2. The maximum Gasteiger partial charge on any atom is 0.328 e. The molecule has 0 spiro atoms. The Morgan fingerprint density at radius 1 is 1.10 bits per heavy atom. The number of aryl methyl sites for hydroxylation is 1. The SMILES string of the molecule is CCOC(=O)CC[C@H](NC(=O)c1ccc(N(CC)Cc2ccc3nc(C)[nH]c(=O)c3c2)cc1[N+](=O)[O-])C(=O)OCC. The molecule has 0 radical (unpaired) electrons. The van der Waals surface area contributed by atoms with E-state index in [1.807, 2.05) is 17.9 Å². The van der Waals surface area contributed by atoms with Crippen molar-refractivity contribution < 1.29 is 28.8 Å². The zero-order valence-corrected chi connectivity index (χ0v) is 23.4. The first-order chi connectivity index (χ1) is 19.6. The zero-order chi connectivity index (χ0) is 30.1. The molecule has 0 saturated carbocycles. The Labute approximate surface area is 236 Å². The first-order valence-electron chi connectivity index (χ1n) is 13.2. The second-order valence-corrected chi connectivity index (χ2v) is 9.10. The smallest absolute Gasteiger partial charge is 0.328 e. The third-order valence-corrected chi connectivity index (χ3v) is 6.25. The predicted octanol–water partition coefficient (Wildman–Crippen LogP) is 3.17. The number of benzene rings is 2. The molecular weight excluding hydrogens is 534 g/mol. The third kappa shape index (κ3) is 7.87. The number of nitro benzene ring substituents is 1. The van der Waals surface area contributed by atoms with Gasteiger partial charge in [-0.2, -0.15) is 0 Å². The Morgan fingerprint density at radius 2 is 1.83 bits per heavy atom. The van der Waals surface area contributed by atoms with E-state index in [4.69, 9.17) is 9.47 Å². The van der Waals surface area contributed by atoms with Crippen LogP contribution in [0, 0.1) is 17.0 Å². The highest BCUT2D eigenvalue weighted by atomic mass is 16.6. The van der Waals surface area contributed by atoms with Crippen molar-refractivity contribution in [1.29, 1.82) is 0 Å². The number of esters is 2. The summed E-state index contributed by atoms with van der Waals surface area (Å²) >= 11 is 0. The van der Waals surface area contributed by atoms with E-state index >= 15 is 0 Å². The van der Waals surface area contributed by atoms with E-state index in [0.29, 0.717) is 35.5 Å². The summed E-state index contributed by atoms with van der Waals surface area (Å²) in [7, 11) is 0. The minimum absolute atomic E-state index is 0.0497. The van der Waals surface area contributed by atoms with Crippen molar-refractivity contribution in [3.63, 3.8) is 0 Å². The summed E-state index contributed by atoms with van der Waals surface area (Å²) in [5.41, 5.74) is 0.870. The summed E-state index contributed by atoms with van der Waals surface area (Å²) < 4.78 is 9.88. The van der Waals surface area contributed by atoms with E-state index in [-0.39, 0.29) is 37.2 Å². The lowest BCUT2D eigenvalue weighted by Crippen LogP contribution is -2.42. The number of nitro groups is 1. The first kappa shape index (κ1) is 30.7. The molecule has 0 bridgehead atoms. The molecule has 0 aliphatic heterocycles. The number of H-pyrrole nitrogens is 1. The molecule has 3 rings (SSSR count). The number of nitrogens with one attached hydrogen (secondary N) is 2. The van der Waals surface area contributed by atoms with E-state index in [9.17, 15) is 29.3 Å². The van der Waals surface area contributed by atoms with Crippen molar-refractivity contribution >= 4 is 40.1 Å². The zero-order valence-electron chi connectivity index (χ0n) is 23.4. The summed E-state index contributed by atoms with van der Waals surface area (Å²) in [5.74, 6) is -1.66. The highest BCUT2D eigenvalue weighted by molar-refractivity contribution is 6.00. The molecule has 1 heterocycles. The van der Waals surface area contributed by atoms with Crippen LogP contribution in [0.5, 0.6) is 0 Å². The molecule has 0 saturated heterocycles. The van der Waals surface area contributed by atoms with Crippen LogP contribution in [0.3, 0.4) is 0 Å². The van der Waals surface area contributed by atoms with Crippen LogP contribution in [0.1, 0.15) is 55.4 Å². The minimum Gasteiger partial charge on any atom is -0.466 e. The van der Waals surface area contributed by atoms with Gasteiger partial charge in [-0.25, -0.2) is 9.78 Å². The number of rotatable bonds is 13. The van der Waals surface area contributed by atoms with Gasteiger partial charge in [-0.3, -0.25) is 24.5 Å². The number of nitrogens with zero attached hydrogens (tertiary/aromatic N) is 3.